The van der Waals surface area contributed by atoms with Crippen LogP contribution in [0, 0.1) is 6.92 Å². The second-order valence-corrected chi connectivity index (χ2v) is 6.53. The van der Waals surface area contributed by atoms with Crippen molar-refractivity contribution in [3.05, 3.63) is 51.4 Å². The van der Waals surface area contributed by atoms with E-state index in [1.807, 2.05) is 0 Å². The summed E-state index contributed by atoms with van der Waals surface area (Å²) in [5.74, 6) is -1.08. The number of furan rings is 1. The molecule has 0 atom stereocenters. The zero-order chi connectivity index (χ0) is 18.8. The molecule has 0 saturated heterocycles. The van der Waals surface area contributed by atoms with Crippen LogP contribution >= 0.6 is 15.9 Å². The monoisotopic (exact) mass is 420 g/mol. The van der Waals surface area contributed by atoms with Crippen molar-refractivity contribution in [3.8, 4) is 0 Å². The fourth-order valence-corrected chi connectivity index (χ4v) is 2.90. The molecule has 0 unspecified atom stereocenters. The SMILES string of the molecule is CCOC(=O)c1oc2ccc(Br)cc2c1COC(=O)c1cnn(C)c1C. The average molecular weight is 421 g/mol. The van der Waals surface area contributed by atoms with Gasteiger partial charge in [0, 0.05) is 22.6 Å². The van der Waals surface area contributed by atoms with Crippen LogP contribution in [0.5, 0.6) is 0 Å². The van der Waals surface area contributed by atoms with E-state index in [0.29, 0.717) is 27.8 Å². The zero-order valence-corrected chi connectivity index (χ0v) is 16.1. The maximum Gasteiger partial charge on any atom is 0.374 e. The van der Waals surface area contributed by atoms with Gasteiger partial charge >= 0.3 is 11.9 Å². The van der Waals surface area contributed by atoms with Gasteiger partial charge in [-0.05, 0) is 32.0 Å². The molecule has 3 aromatic rings. The Kier molecular flexibility index (Phi) is 5.13. The smallest absolute Gasteiger partial charge is 0.374 e. The minimum atomic E-state index is -0.594. The van der Waals surface area contributed by atoms with E-state index < -0.39 is 11.9 Å². The van der Waals surface area contributed by atoms with Crippen LogP contribution in [0.2, 0.25) is 0 Å². The van der Waals surface area contributed by atoms with E-state index in [4.69, 9.17) is 13.9 Å². The lowest BCUT2D eigenvalue weighted by Gasteiger charge is -2.06. The molecule has 26 heavy (non-hydrogen) atoms. The third-order valence-electron chi connectivity index (χ3n) is 4.02. The van der Waals surface area contributed by atoms with Gasteiger partial charge in [-0.3, -0.25) is 4.68 Å². The largest absolute Gasteiger partial charge is 0.460 e. The molecule has 0 radical (unpaired) electrons. The first-order valence-corrected chi connectivity index (χ1v) is 8.75. The molecule has 3 rings (SSSR count). The van der Waals surface area contributed by atoms with Crippen LogP contribution in [0.3, 0.4) is 0 Å². The number of hydrogen-bond acceptors (Lipinski definition) is 6. The Bertz CT molecular complexity index is 989. The predicted octanol–water partition coefficient (Wildman–Crippen LogP) is 3.77. The Hall–Kier alpha value is -2.61. The summed E-state index contributed by atoms with van der Waals surface area (Å²) in [4.78, 5) is 24.6. The number of carbonyl (C=O) groups excluding carboxylic acids is 2. The summed E-state index contributed by atoms with van der Waals surface area (Å²) in [6, 6.07) is 5.34. The molecule has 0 aliphatic carbocycles. The highest BCUT2D eigenvalue weighted by atomic mass is 79.9. The molecule has 0 aliphatic rings. The van der Waals surface area contributed by atoms with Crippen molar-refractivity contribution in [2.45, 2.75) is 20.5 Å². The number of nitrogens with zero attached hydrogens (tertiary/aromatic N) is 2. The number of fused-ring (bicyclic) bond motifs is 1. The standard InChI is InChI=1S/C18H17BrN2O5/c1-4-24-18(23)16-14(12-7-11(19)5-6-15(12)26-16)9-25-17(22)13-8-20-21(3)10(13)2/h5-8H,4,9H2,1-3H3. The van der Waals surface area contributed by atoms with Crippen molar-refractivity contribution in [2.75, 3.05) is 6.61 Å². The van der Waals surface area contributed by atoms with Crippen molar-refractivity contribution in [3.63, 3.8) is 0 Å². The molecule has 0 fully saturated rings. The summed E-state index contributed by atoms with van der Waals surface area (Å²) in [5.41, 5.74) is 2.05. The molecule has 0 saturated carbocycles. The van der Waals surface area contributed by atoms with Gasteiger partial charge in [-0.2, -0.15) is 5.10 Å². The van der Waals surface area contributed by atoms with Gasteiger partial charge in [0.2, 0.25) is 5.76 Å². The van der Waals surface area contributed by atoms with Gasteiger partial charge in [0.15, 0.2) is 0 Å². The highest BCUT2D eigenvalue weighted by Gasteiger charge is 2.24. The van der Waals surface area contributed by atoms with E-state index in [1.54, 1.807) is 43.8 Å². The molecule has 1 aromatic carbocycles. The summed E-state index contributed by atoms with van der Waals surface area (Å²) in [7, 11) is 1.74. The third-order valence-corrected chi connectivity index (χ3v) is 4.51. The van der Waals surface area contributed by atoms with Crippen molar-refractivity contribution in [2.24, 2.45) is 7.05 Å². The van der Waals surface area contributed by atoms with Crippen LogP contribution in [-0.4, -0.2) is 28.3 Å². The second-order valence-electron chi connectivity index (χ2n) is 5.61. The first-order chi connectivity index (χ1) is 12.4. The first kappa shape index (κ1) is 18.2. The van der Waals surface area contributed by atoms with Gasteiger partial charge in [0.25, 0.3) is 0 Å². The topological polar surface area (TPSA) is 83.6 Å². The summed E-state index contributed by atoms with van der Waals surface area (Å²) >= 11 is 3.40. The Morgan fingerprint density at radius 2 is 2.04 bits per heavy atom. The zero-order valence-electron chi connectivity index (χ0n) is 14.5. The fourth-order valence-electron chi connectivity index (χ4n) is 2.54. The molecule has 0 bridgehead atoms. The van der Waals surface area contributed by atoms with Crippen LogP contribution in [0.15, 0.2) is 33.3 Å². The number of aryl methyl sites for hydroxylation is 1. The molecule has 7 nitrogen and oxygen atoms in total. The van der Waals surface area contributed by atoms with E-state index >= 15 is 0 Å². The summed E-state index contributed by atoms with van der Waals surface area (Å²) in [6.45, 7) is 3.58. The molecule has 0 spiro atoms. The van der Waals surface area contributed by atoms with Crippen molar-refractivity contribution >= 4 is 38.8 Å². The van der Waals surface area contributed by atoms with Gasteiger partial charge in [-0.1, -0.05) is 15.9 Å². The summed E-state index contributed by atoms with van der Waals surface area (Å²) in [6.07, 6.45) is 1.45. The van der Waals surface area contributed by atoms with Crippen molar-refractivity contribution in [1.29, 1.82) is 0 Å². The Balaban J connectivity index is 1.93. The normalized spacial score (nSPS) is 10.9. The van der Waals surface area contributed by atoms with Gasteiger partial charge in [-0.25, -0.2) is 9.59 Å². The lowest BCUT2D eigenvalue weighted by Crippen LogP contribution is -2.10. The van der Waals surface area contributed by atoms with Crippen molar-refractivity contribution < 1.29 is 23.5 Å². The Morgan fingerprint density at radius 3 is 2.69 bits per heavy atom. The van der Waals surface area contributed by atoms with Crippen LogP contribution in [0.1, 0.15) is 39.1 Å². The van der Waals surface area contributed by atoms with Crippen molar-refractivity contribution in [1.82, 2.24) is 9.78 Å². The molecule has 0 aliphatic heterocycles. The number of benzene rings is 1. The summed E-state index contributed by atoms with van der Waals surface area (Å²) in [5, 5.41) is 4.71. The molecular weight excluding hydrogens is 404 g/mol. The quantitative estimate of drug-likeness (QED) is 0.584. The number of halogens is 1. The van der Waals surface area contributed by atoms with Gasteiger partial charge in [0.05, 0.1) is 18.4 Å². The number of hydrogen-bond donors (Lipinski definition) is 0. The van der Waals surface area contributed by atoms with E-state index in [2.05, 4.69) is 21.0 Å². The van der Waals surface area contributed by atoms with E-state index in [1.165, 1.54) is 6.20 Å². The van der Waals surface area contributed by atoms with Crippen LogP contribution < -0.4 is 0 Å². The predicted molar refractivity (Wildman–Crippen MR) is 96.9 cm³/mol. The Morgan fingerprint density at radius 1 is 1.27 bits per heavy atom. The third kappa shape index (κ3) is 3.37. The van der Waals surface area contributed by atoms with E-state index in [-0.39, 0.29) is 19.0 Å². The lowest BCUT2D eigenvalue weighted by molar-refractivity contribution is 0.0434. The molecule has 0 amide bonds. The molecule has 2 heterocycles. The summed E-state index contributed by atoms with van der Waals surface area (Å²) < 4.78 is 18.5. The molecule has 0 N–H and O–H groups in total. The minimum absolute atomic E-state index is 0.0376. The Labute approximate surface area is 158 Å². The van der Waals surface area contributed by atoms with Gasteiger partial charge < -0.3 is 13.9 Å². The molecule has 2 aromatic heterocycles. The van der Waals surface area contributed by atoms with E-state index in [9.17, 15) is 9.59 Å². The number of carbonyl (C=O) groups is 2. The number of aromatic nitrogens is 2. The van der Waals surface area contributed by atoms with Crippen LogP contribution in [0.4, 0.5) is 0 Å². The first-order valence-electron chi connectivity index (χ1n) is 7.96. The number of rotatable bonds is 5. The maximum atomic E-state index is 12.4. The highest BCUT2D eigenvalue weighted by Crippen LogP contribution is 2.30. The number of esters is 2. The molecule has 136 valence electrons. The lowest BCUT2D eigenvalue weighted by atomic mass is 10.1. The molecular formula is C18H17BrN2O5. The van der Waals surface area contributed by atoms with Crippen LogP contribution in [-0.2, 0) is 23.1 Å². The molecule has 8 heteroatoms. The van der Waals surface area contributed by atoms with Gasteiger partial charge in [0.1, 0.15) is 17.8 Å². The average Bonchev–Trinajstić information content (AvgIpc) is 3.13. The maximum absolute atomic E-state index is 12.4. The van der Waals surface area contributed by atoms with Crippen LogP contribution in [0.25, 0.3) is 11.0 Å². The second kappa shape index (κ2) is 7.33. The van der Waals surface area contributed by atoms with E-state index in [0.717, 1.165) is 4.47 Å². The van der Waals surface area contributed by atoms with Gasteiger partial charge in [-0.15, -0.1) is 0 Å². The minimum Gasteiger partial charge on any atom is -0.460 e. The highest BCUT2D eigenvalue weighted by molar-refractivity contribution is 9.10. The fraction of sp³-hybridized carbons (Fsp3) is 0.278. The number of ether oxygens (including phenoxy) is 2.